The van der Waals surface area contributed by atoms with Crippen LogP contribution in [0, 0.1) is 0 Å². The largest absolute Gasteiger partial charge is 0.469 e. The topological polar surface area (TPSA) is 180 Å². The van der Waals surface area contributed by atoms with Gasteiger partial charge in [0.2, 0.25) is 0 Å². The van der Waals surface area contributed by atoms with Crippen LogP contribution in [0.4, 0.5) is 8.78 Å². The average molecular weight is 398 g/mol. The minimum absolute atomic E-state index is 0.297. The van der Waals surface area contributed by atoms with E-state index in [1.807, 2.05) is 4.98 Å². The lowest BCUT2D eigenvalue weighted by Crippen LogP contribution is -2.33. The summed E-state index contributed by atoms with van der Waals surface area (Å²) in [5, 5.41) is 20.0. The van der Waals surface area contributed by atoms with Crippen molar-refractivity contribution in [3.8, 4) is 0 Å². The third-order valence-corrected chi connectivity index (χ3v) is 4.16. The number of hydrogen-bond acceptors (Lipinski definition) is 8. The van der Waals surface area contributed by atoms with Gasteiger partial charge in [-0.3, -0.25) is 13.9 Å². The van der Waals surface area contributed by atoms with E-state index in [0.717, 1.165) is 10.9 Å². The lowest BCUT2D eigenvalue weighted by molar-refractivity contribution is -0.0504. The van der Waals surface area contributed by atoms with Crippen molar-refractivity contribution in [1.82, 2.24) is 19.5 Å². The maximum absolute atomic E-state index is 12.8. The molecule has 2 aromatic heterocycles. The number of imidazole rings is 1. The molecule has 3 rings (SSSR count). The van der Waals surface area contributed by atoms with Crippen LogP contribution in [0.25, 0.3) is 11.2 Å². The quantitative estimate of drug-likeness (QED) is 0.383. The first-order valence-electron chi connectivity index (χ1n) is 7.05. The molecule has 12 nitrogen and oxygen atoms in total. The highest BCUT2D eigenvalue weighted by molar-refractivity contribution is 7.46. The highest BCUT2D eigenvalue weighted by atomic mass is 31.2. The monoisotopic (exact) mass is 398 g/mol. The first kappa shape index (κ1) is 19.0. The van der Waals surface area contributed by atoms with Crippen LogP contribution in [0.2, 0.25) is 0 Å². The molecule has 1 aliphatic heterocycles. The van der Waals surface area contributed by atoms with Crippen LogP contribution in [0.3, 0.4) is 0 Å². The van der Waals surface area contributed by atoms with E-state index >= 15 is 0 Å². The zero-order valence-electron chi connectivity index (χ0n) is 12.6. The first-order valence-corrected chi connectivity index (χ1v) is 8.58. The number of hydrogen-bond donors (Lipinski definition) is 5. The first-order chi connectivity index (χ1) is 12.1. The fraction of sp³-hybridized carbons (Fsp3) is 0.545. The summed E-state index contributed by atoms with van der Waals surface area (Å²) in [4.78, 5) is 38.3. The van der Waals surface area contributed by atoms with Crippen molar-refractivity contribution in [2.24, 2.45) is 0 Å². The van der Waals surface area contributed by atoms with Crippen LogP contribution >= 0.6 is 7.82 Å². The fourth-order valence-electron chi connectivity index (χ4n) is 2.50. The molecule has 0 bridgehead atoms. The molecule has 1 aliphatic rings. The molecule has 2 aromatic rings. The highest BCUT2D eigenvalue weighted by Gasteiger charge is 2.45. The van der Waals surface area contributed by atoms with Crippen molar-refractivity contribution in [2.75, 3.05) is 6.61 Å². The molecular weight excluding hydrogens is 385 g/mol. The van der Waals surface area contributed by atoms with Gasteiger partial charge < -0.3 is 29.7 Å². The molecular formula is C11H13F2N4O8P. The van der Waals surface area contributed by atoms with Crippen LogP contribution in [0.15, 0.2) is 11.1 Å². The lowest BCUT2D eigenvalue weighted by Gasteiger charge is -2.16. The third-order valence-electron chi connectivity index (χ3n) is 3.68. The molecule has 0 spiro atoms. The van der Waals surface area contributed by atoms with Gasteiger partial charge in [-0.25, -0.2) is 23.3 Å². The maximum atomic E-state index is 12.8. The normalized spacial score (nSPS) is 26.9. The molecule has 5 N–H and O–H groups in total. The summed E-state index contributed by atoms with van der Waals surface area (Å²) in [6.07, 6.45) is -8.05. The smallest absolute Gasteiger partial charge is 0.387 e. The second-order valence-corrected chi connectivity index (χ2v) is 6.65. The molecule has 1 fully saturated rings. The molecule has 26 heavy (non-hydrogen) atoms. The van der Waals surface area contributed by atoms with Crippen molar-refractivity contribution < 1.29 is 42.6 Å². The Morgan fingerprint density at radius 2 is 2.08 bits per heavy atom. The number of ether oxygens (including phenoxy) is 1. The predicted molar refractivity (Wildman–Crippen MR) is 77.0 cm³/mol. The molecule has 0 radical (unpaired) electrons. The van der Waals surface area contributed by atoms with Gasteiger partial charge in [-0.15, -0.1) is 0 Å². The Kier molecular flexibility index (Phi) is 4.92. The SMILES string of the molecule is O=c1[nH]c(C(F)F)nc2c1ncn2C1OC(COP(=O)(O)O)C(O)C1O. The summed E-state index contributed by atoms with van der Waals surface area (Å²) in [6, 6.07) is 0. The molecule has 0 aliphatic carbocycles. The van der Waals surface area contributed by atoms with Gasteiger partial charge in [0.15, 0.2) is 23.2 Å². The van der Waals surface area contributed by atoms with Gasteiger partial charge in [0.25, 0.3) is 12.0 Å². The number of nitrogens with one attached hydrogen (secondary N) is 1. The summed E-state index contributed by atoms with van der Waals surface area (Å²) in [6.45, 7) is -0.748. The van der Waals surface area contributed by atoms with E-state index in [-0.39, 0.29) is 11.2 Å². The number of H-pyrrole nitrogens is 1. The second-order valence-electron chi connectivity index (χ2n) is 5.41. The molecule has 15 heteroatoms. The zero-order valence-corrected chi connectivity index (χ0v) is 13.5. The van der Waals surface area contributed by atoms with Gasteiger partial charge >= 0.3 is 7.82 Å². The van der Waals surface area contributed by atoms with Crippen molar-refractivity contribution in [3.63, 3.8) is 0 Å². The fourth-order valence-corrected chi connectivity index (χ4v) is 2.84. The van der Waals surface area contributed by atoms with Crippen LogP contribution < -0.4 is 5.56 Å². The van der Waals surface area contributed by atoms with Gasteiger partial charge in [0.1, 0.15) is 18.3 Å². The van der Waals surface area contributed by atoms with E-state index in [1.54, 1.807) is 0 Å². The summed E-state index contributed by atoms with van der Waals surface area (Å²) in [5.74, 6) is -0.918. The Balaban J connectivity index is 1.93. The minimum atomic E-state index is -4.84. The van der Waals surface area contributed by atoms with Crippen LogP contribution in [-0.4, -0.2) is 64.4 Å². The standard InChI is InChI=1S/C11H13F2N4O8P/c12-7(13)8-15-9-4(10(20)16-8)14-2-17(9)11-6(19)5(18)3(25-11)1-24-26(21,22)23/h2-3,5-7,11,18-19H,1H2,(H,15,16,20)(H2,21,22,23). The van der Waals surface area contributed by atoms with E-state index in [9.17, 15) is 28.4 Å². The van der Waals surface area contributed by atoms with E-state index < -0.39 is 56.8 Å². The minimum Gasteiger partial charge on any atom is -0.387 e. The van der Waals surface area contributed by atoms with Gasteiger partial charge in [-0.2, -0.15) is 0 Å². The summed E-state index contributed by atoms with van der Waals surface area (Å²) >= 11 is 0. The maximum Gasteiger partial charge on any atom is 0.469 e. The number of halogens is 2. The average Bonchev–Trinajstić information content (AvgIpc) is 3.08. The number of nitrogens with zero attached hydrogens (tertiary/aromatic N) is 3. The van der Waals surface area contributed by atoms with E-state index in [2.05, 4.69) is 14.5 Å². The number of alkyl halides is 2. The number of aromatic amines is 1. The Morgan fingerprint density at radius 1 is 1.38 bits per heavy atom. The van der Waals surface area contributed by atoms with Crippen molar-refractivity contribution >= 4 is 19.0 Å². The Labute approximate surface area is 142 Å². The van der Waals surface area contributed by atoms with Crippen molar-refractivity contribution in [1.29, 1.82) is 0 Å². The molecule has 1 saturated heterocycles. The third kappa shape index (κ3) is 3.53. The summed E-state index contributed by atoms with van der Waals surface area (Å²) < 4.78 is 46.9. The molecule has 3 heterocycles. The summed E-state index contributed by atoms with van der Waals surface area (Å²) in [5.41, 5.74) is -1.55. The molecule has 4 unspecified atom stereocenters. The number of aromatic nitrogens is 4. The Morgan fingerprint density at radius 3 is 2.69 bits per heavy atom. The number of aliphatic hydroxyl groups excluding tert-OH is 2. The van der Waals surface area contributed by atoms with Gasteiger partial charge in [-0.1, -0.05) is 0 Å². The number of fused-ring (bicyclic) bond motifs is 1. The number of phosphoric ester groups is 1. The highest BCUT2D eigenvalue weighted by Crippen LogP contribution is 2.38. The van der Waals surface area contributed by atoms with E-state index in [0.29, 0.717) is 0 Å². The summed E-state index contributed by atoms with van der Waals surface area (Å²) in [7, 11) is -4.84. The van der Waals surface area contributed by atoms with Gasteiger partial charge in [0, 0.05) is 0 Å². The number of phosphoric acid groups is 1. The van der Waals surface area contributed by atoms with Crippen LogP contribution in [0.1, 0.15) is 18.5 Å². The molecule has 0 aromatic carbocycles. The molecule has 4 atom stereocenters. The Hall–Kier alpha value is -1.80. The Bertz CT molecular complexity index is 913. The molecule has 144 valence electrons. The molecule has 0 saturated carbocycles. The van der Waals surface area contributed by atoms with Gasteiger partial charge in [-0.05, 0) is 0 Å². The van der Waals surface area contributed by atoms with E-state index in [4.69, 9.17) is 14.5 Å². The lowest BCUT2D eigenvalue weighted by atomic mass is 10.1. The van der Waals surface area contributed by atoms with Crippen molar-refractivity contribution in [3.05, 3.63) is 22.5 Å². The van der Waals surface area contributed by atoms with Crippen LogP contribution in [-0.2, 0) is 13.8 Å². The number of aliphatic hydroxyl groups is 2. The molecule has 0 amide bonds. The van der Waals surface area contributed by atoms with Crippen molar-refractivity contribution in [2.45, 2.75) is 31.0 Å². The number of rotatable bonds is 5. The van der Waals surface area contributed by atoms with Crippen LogP contribution in [0.5, 0.6) is 0 Å². The zero-order chi connectivity index (χ0) is 19.2. The van der Waals surface area contributed by atoms with Gasteiger partial charge in [0.05, 0.1) is 12.9 Å². The predicted octanol–water partition coefficient (Wildman–Crippen LogP) is -1.21. The van der Waals surface area contributed by atoms with E-state index in [1.165, 1.54) is 0 Å². The second kappa shape index (κ2) is 6.74.